The van der Waals surface area contributed by atoms with Crippen LogP contribution in [0.3, 0.4) is 0 Å². The highest BCUT2D eigenvalue weighted by Gasteiger charge is 2.17. The van der Waals surface area contributed by atoms with Crippen LogP contribution in [0.1, 0.15) is 24.4 Å². The van der Waals surface area contributed by atoms with E-state index >= 15 is 0 Å². The minimum absolute atomic E-state index is 0.00634. The van der Waals surface area contributed by atoms with Crippen LogP contribution < -0.4 is 0 Å². The molecule has 1 heterocycles. The fourth-order valence-electron chi connectivity index (χ4n) is 1.25. The van der Waals surface area contributed by atoms with E-state index in [2.05, 4.69) is 9.73 Å². The number of ketones is 2. The van der Waals surface area contributed by atoms with Gasteiger partial charge < -0.3 is 9.15 Å². The topological polar surface area (TPSA) is 85.9 Å². The summed E-state index contributed by atoms with van der Waals surface area (Å²) in [5.74, 6) is -1.98. The lowest BCUT2D eigenvalue weighted by Gasteiger charge is -2.01. The molecule has 1 rings (SSSR count). The van der Waals surface area contributed by atoms with E-state index in [0.717, 1.165) is 0 Å². The Hall–Kier alpha value is -2.24. The van der Waals surface area contributed by atoms with Gasteiger partial charge in [-0.3, -0.25) is 9.59 Å². The van der Waals surface area contributed by atoms with Crippen molar-refractivity contribution in [2.45, 2.75) is 13.8 Å². The van der Waals surface area contributed by atoms with Gasteiger partial charge in [-0.15, -0.1) is 0 Å². The maximum absolute atomic E-state index is 11.1. The molecule has 0 amide bonds. The molecule has 1 aromatic heterocycles. The summed E-state index contributed by atoms with van der Waals surface area (Å²) >= 11 is 0. The Morgan fingerprint density at radius 1 is 1.28 bits per heavy atom. The number of carbonyl (C=O) groups excluding carboxylic acids is 3. The average molecular weight is 251 g/mol. The number of methoxy groups -OCH3 is 1. The molecule has 0 N–H and O–H groups in total. The van der Waals surface area contributed by atoms with Crippen LogP contribution in [0.15, 0.2) is 21.5 Å². The Morgan fingerprint density at radius 2 is 1.89 bits per heavy atom. The highest BCUT2D eigenvalue weighted by atomic mass is 16.5. The fraction of sp³-hybridized carbons (Fsp3) is 0.333. The molecule has 0 radical (unpaired) electrons. The fourth-order valence-corrected chi connectivity index (χ4v) is 1.25. The van der Waals surface area contributed by atoms with Gasteiger partial charge in [0.15, 0.2) is 0 Å². The maximum atomic E-state index is 11.1. The molecular weight excluding hydrogens is 238 g/mol. The lowest BCUT2D eigenvalue weighted by molar-refractivity contribution is -0.127. The van der Waals surface area contributed by atoms with Gasteiger partial charge in [0, 0.05) is 12.3 Å². The van der Waals surface area contributed by atoms with E-state index in [4.69, 9.17) is 4.42 Å². The molecule has 0 aliphatic heterocycles. The molecule has 0 unspecified atom stereocenters. The van der Waals surface area contributed by atoms with Crippen molar-refractivity contribution in [2.24, 2.45) is 10.9 Å². The highest BCUT2D eigenvalue weighted by Crippen LogP contribution is 2.17. The SMILES string of the molecule is COC(=O)c1ccc(/N=C/C(C(C)=O)C(C)=O)o1. The summed E-state index contributed by atoms with van der Waals surface area (Å²) in [6, 6.07) is 2.84. The Morgan fingerprint density at radius 3 is 2.39 bits per heavy atom. The Balaban J connectivity index is 2.84. The second-order valence-electron chi connectivity index (χ2n) is 3.61. The molecule has 6 nitrogen and oxygen atoms in total. The lowest BCUT2D eigenvalue weighted by Crippen LogP contribution is -2.20. The molecule has 0 atom stereocenters. The number of esters is 1. The molecule has 0 saturated heterocycles. The summed E-state index contributed by atoms with van der Waals surface area (Å²) in [6.07, 6.45) is 1.20. The van der Waals surface area contributed by atoms with Crippen LogP contribution in [0.5, 0.6) is 0 Å². The predicted octanol–water partition coefficient (Wildman–Crippen LogP) is 1.56. The molecule has 18 heavy (non-hydrogen) atoms. The first-order chi connectivity index (χ1) is 8.45. The number of carbonyl (C=O) groups is 3. The van der Waals surface area contributed by atoms with Gasteiger partial charge in [-0.05, 0) is 19.9 Å². The number of hydrogen-bond donors (Lipinski definition) is 0. The zero-order chi connectivity index (χ0) is 13.7. The Kier molecular flexibility index (Phi) is 4.53. The van der Waals surface area contributed by atoms with Crippen molar-refractivity contribution in [3.05, 3.63) is 17.9 Å². The molecule has 0 aromatic carbocycles. The van der Waals surface area contributed by atoms with Gasteiger partial charge in [-0.2, -0.15) is 0 Å². The van der Waals surface area contributed by atoms with Gasteiger partial charge in [0.05, 0.1) is 7.11 Å². The third-order valence-electron chi connectivity index (χ3n) is 2.21. The third kappa shape index (κ3) is 3.38. The minimum atomic E-state index is -0.892. The molecule has 1 aromatic rings. The first-order valence-electron chi connectivity index (χ1n) is 5.19. The van der Waals surface area contributed by atoms with Crippen molar-refractivity contribution >= 4 is 29.6 Å². The number of hydrogen-bond acceptors (Lipinski definition) is 6. The van der Waals surface area contributed by atoms with E-state index < -0.39 is 11.9 Å². The number of rotatable bonds is 5. The van der Waals surface area contributed by atoms with E-state index in [1.54, 1.807) is 0 Å². The largest absolute Gasteiger partial charge is 0.463 e. The number of nitrogens with zero attached hydrogens (tertiary/aromatic N) is 1. The van der Waals surface area contributed by atoms with Gasteiger partial charge in [0.2, 0.25) is 11.6 Å². The van der Waals surface area contributed by atoms with Crippen molar-refractivity contribution in [1.29, 1.82) is 0 Å². The van der Waals surface area contributed by atoms with E-state index in [9.17, 15) is 14.4 Å². The third-order valence-corrected chi connectivity index (χ3v) is 2.21. The first kappa shape index (κ1) is 13.8. The summed E-state index contributed by atoms with van der Waals surface area (Å²) < 4.78 is 9.51. The van der Waals surface area contributed by atoms with E-state index in [1.807, 2.05) is 0 Å². The average Bonchev–Trinajstić information content (AvgIpc) is 2.76. The summed E-state index contributed by atoms with van der Waals surface area (Å²) in [5, 5.41) is 0. The molecule has 0 aliphatic rings. The van der Waals surface area contributed by atoms with Crippen molar-refractivity contribution < 1.29 is 23.5 Å². The van der Waals surface area contributed by atoms with Crippen molar-refractivity contribution in [1.82, 2.24) is 0 Å². The molecular formula is C12H13NO5. The van der Waals surface area contributed by atoms with E-state index in [-0.39, 0.29) is 23.2 Å². The number of aliphatic imine (C=N–C) groups is 1. The van der Waals surface area contributed by atoms with Crippen LogP contribution in [-0.2, 0) is 14.3 Å². The van der Waals surface area contributed by atoms with E-state index in [1.165, 1.54) is 39.3 Å². The normalized spacial score (nSPS) is 10.9. The summed E-state index contributed by atoms with van der Waals surface area (Å²) in [7, 11) is 1.23. The first-order valence-corrected chi connectivity index (χ1v) is 5.19. The smallest absolute Gasteiger partial charge is 0.374 e. The molecule has 96 valence electrons. The quantitative estimate of drug-likeness (QED) is 0.450. The molecule has 6 heteroatoms. The van der Waals surface area contributed by atoms with E-state index in [0.29, 0.717) is 0 Å². The summed E-state index contributed by atoms with van der Waals surface area (Å²) in [4.78, 5) is 37.2. The van der Waals surface area contributed by atoms with Crippen LogP contribution in [0, 0.1) is 5.92 Å². The standard InChI is InChI=1S/C12H13NO5/c1-7(14)9(8(2)15)6-13-11-5-4-10(18-11)12(16)17-3/h4-6,9H,1-3H3/b13-6+. The van der Waals surface area contributed by atoms with Crippen molar-refractivity contribution in [3.63, 3.8) is 0 Å². The van der Waals surface area contributed by atoms with Gasteiger partial charge in [-0.25, -0.2) is 9.79 Å². The van der Waals surface area contributed by atoms with Gasteiger partial charge in [0.25, 0.3) is 0 Å². The van der Waals surface area contributed by atoms with Gasteiger partial charge >= 0.3 is 5.97 Å². The second kappa shape index (κ2) is 5.90. The molecule has 0 saturated carbocycles. The van der Waals surface area contributed by atoms with Crippen LogP contribution in [0.4, 0.5) is 5.88 Å². The number of ether oxygens (including phenoxy) is 1. The van der Waals surface area contributed by atoms with Crippen molar-refractivity contribution in [2.75, 3.05) is 7.11 Å². The van der Waals surface area contributed by atoms with Crippen molar-refractivity contribution in [3.8, 4) is 0 Å². The zero-order valence-electron chi connectivity index (χ0n) is 10.3. The minimum Gasteiger partial charge on any atom is -0.463 e. The number of furan rings is 1. The highest BCUT2D eigenvalue weighted by molar-refractivity contribution is 6.13. The summed E-state index contributed by atoms with van der Waals surface area (Å²) in [5.41, 5.74) is 0. The van der Waals surface area contributed by atoms with Crippen LogP contribution in [0.2, 0.25) is 0 Å². The molecule has 0 aliphatic carbocycles. The molecule has 0 bridgehead atoms. The second-order valence-corrected chi connectivity index (χ2v) is 3.61. The van der Waals surface area contributed by atoms with Crippen LogP contribution in [-0.4, -0.2) is 30.9 Å². The van der Waals surface area contributed by atoms with Crippen LogP contribution >= 0.6 is 0 Å². The lowest BCUT2D eigenvalue weighted by atomic mass is 10.0. The maximum Gasteiger partial charge on any atom is 0.374 e. The molecule has 0 spiro atoms. The van der Waals surface area contributed by atoms with Gasteiger partial charge in [0.1, 0.15) is 17.5 Å². The monoisotopic (exact) mass is 251 g/mol. The molecule has 0 fully saturated rings. The van der Waals surface area contributed by atoms with Gasteiger partial charge in [-0.1, -0.05) is 0 Å². The zero-order valence-corrected chi connectivity index (χ0v) is 10.3. The predicted molar refractivity (Wildman–Crippen MR) is 63.1 cm³/mol. The number of Topliss-reactive ketones (excluding diaryl/α,β-unsaturated/α-hetero) is 2. The summed E-state index contributed by atoms with van der Waals surface area (Å²) in [6.45, 7) is 2.61. The Labute approximate surface area is 104 Å². The Bertz CT molecular complexity index is 486. The van der Waals surface area contributed by atoms with Crippen LogP contribution in [0.25, 0.3) is 0 Å².